The van der Waals surface area contributed by atoms with E-state index < -0.39 is 5.60 Å². The fourth-order valence-electron chi connectivity index (χ4n) is 4.03. The summed E-state index contributed by atoms with van der Waals surface area (Å²) in [6, 6.07) is 0.357. The smallest absolute Gasteiger partial charge is 0.410 e. The Morgan fingerprint density at radius 3 is 2.56 bits per heavy atom. The Kier molecular flexibility index (Phi) is 3.63. The fraction of sp³-hybridized carbons (Fsp3) is 0.611. The molecule has 2 fully saturated rings. The minimum atomic E-state index is -0.464. The summed E-state index contributed by atoms with van der Waals surface area (Å²) >= 11 is 0. The Morgan fingerprint density at radius 1 is 1.24 bits per heavy atom. The number of aromatic nitrogens is 3. The number of carbonyl (C=O) groups is 1. The van der Waals surface area contributed by atoms with Crippen molar-refractivity contribution < 1.29 is 9.53 Å². The van der Waals surface area contributed by atoms with E-state index in [0.29, 0.717) is 0 Å². The second-order valence-electron chi connectivity index (χ2n) is 8.07. The number of rotatable bonds is 1. The van der Waals surface area contributed by atoms with Gasteiger partial charge in [-0.25, -0.2) is 14.8 Å². The number of fused-ring (bicyclic) bond motifs is 3. The molecule has 0 radical (unpaired) electrons. The largest absolute Gasteiger partial charge is 0.444 e. The predicted molar refractivity (Wildman–Crippen MR) is 95.7 cm³/mol. The highest BCUT2D eigenvalue weighted by atomic mass is 16.6. The molecule has 2 atom stereocenters. The van der Waals surface area contributed by atoms with Crippen molar-refractivity contribution in [2.45, 2.75) is 58.2 Å². The molecule has 0 spiro atoms. The highest BCUT2D eigenvalue weighted by molar-refractivity contribution is 5.90. The van der Waals surface area contributed by atoms with Crippen LogP contribution in [0.2, 0.25) is 0 Å². The molecule has 1 amide bonds. The maximum Gasteiger partial charge on any atom is 0.410 e. The van der Waals surface area contributed by atoms with E-state index in [4.69, 9.17) is 4.74 Å². The number of hydrogen-bond donors (Lipinski definition) is 1. The van der Waals surface area contributed by atoms with Gasteiger partial charge in [-0.2, -0.15) is 0 Å². The maximum absolute atomic E-state index is 12.6. The van der Waals surface area contributed by atoms with Gasteiger partial charge in [-0.3, -0.25) is 4.90 Å². The minimum absolute atomic E-state index is 0.179. The third-order valence-electron chi connectivity index (χ3n) is 5.03. The van der Waals surface area contributed by atoms with Gasteiger partial charge in [0, 0.05) is 19.3 Å². The summed E-state index contributed by atoms with van der Waals surface area (Å²) in [6.45, 7) is 9.37. The van der Waals surface area contributed by atoms with Crippen molar-refractivity contribution in [3.63, 3.8) is 0 Å². The molecule has 2 aliphatic heterocycles. The van der Waals surface area contributed by atoms with Crippen LogP contribution in [0.5, 0.6) is 0 Å². The van der Waals surface area contributed by atoms with Gasteiger partial charge >= 0.3 is 6.09 Å². The van der Waals surface area contributed by atoms with Crippen LogP contribution < -0.4 is 4.90 Å². The number of nitrogens with one attached hydrogen (secondary N) is 1. The molecule has 7 nitrogen and oxygen atoms in total. The summed E-state index contributed by atoms with van der Waals surface area (Å²) < 4.78 is 5.61. The molecular weight excluding hydrogens is 318 g/mol. The number of aromatic amines is 1. The Morgan fingerprint density at radius 2 is 1.92 bits per heavy atom. The number of aryl methyl sites for hydroxylation is 1. The van der Waals surface area contributed by atoms with Gasteiger partial charge in [0.05, 0.1) is 17.5 Å². The zero-order valence-electron chi connectivity index (χ0n) is 15.2. The summed E-state index contributed by atoms with van der Waals surface area (Å²) in [7, 11) is 0. The molecule has 4 heterocycles. The molecule has 0 aromatic carbocycles. The average molecular weight is 343 g/mol. The van der Waals surface area contributed by atoms with E-state index in [9.17, 15) is 4.79 Å². The molecule has 2 unspecified atom stereocenters. The quantitative estimate of drug-likeness (QED) is 0.862. The van der Waals surface area contributed by atoms with Crippen LogP contribution in [0.3, 0.4) is 0 Å². The van der Waals surface area contributed by atoms with Crippen molar-refractivity contribution in [3.8, 4) is 0 Å². The van der Waals surface area contributed by atoms with Crippen molar-refractivity contribution in [1.29, 1.82) is 0 Å². The molecule has 134 valence electrons. The normalized spacial score (nSPS) is 23.4. The van der Waals surface area contributed by atoms with Crippen LogP contribution in [0.4, 0.5) is 10.6 Å². The van der Waals surface area contributed by atoms with E-state index in [1.54, 1.807) is 6.33 Å². The second-order valence-corrected chi connectivity index (χ2v) is 8.07. The van der Waals surface area contributed by atoms with Crippen LogP contribution in [0, 0.1) is 6.92 Å². The van der Waals surface area contributed by atoms with Crippen LogP contribution in [-0.2, 0) is 4.74 Å². The molecule has 2 aromatic rings. The monoisotopic (exact) mass is 343 g/mol. The van der Waals surface area contributed by atoms with Gasteiger partial charge in [0.2, 0.25) is 0 Å². The van der Waals surface area contributed by atoms with Crippen LogP contribution in [0.25, 0.3) is 11.0 Å². The zero-order valence-corrected chi connectivity index (χ0v) is 15.2. The molecule has 25 heavy (non-hydrogen) atoms. The molecule has 4 rings (SSSR count). The molecular formula is C18H25N5O2. The first-order chi connectivity index (χ1) is 11.8. The number of nitrogens with zero attached hydrogens (tertiary/aromatic N) is 4. The minimum Gasteiger partial charge on any atom is -0.444 e. The Bertz CT molecular complexity index is 795. The molecule has 0 aliphatic carbocycles. The van der Waals surface area contributed by atoms with Gasteiger partial charge in [0.1, 0.15) is 23.4 Å². The summed E-state index contributed by atoms with van der Waals surface area (Å²) in [6.07, 6.45) is 5.41. The van der Waals surface area contributed by atoms with Gasteiger partial charge in [0.25, 0.3) is 0 Å². The number of anilines is 1. The van der Waals surface area contributed by atoms with E-state index in [0.717, 1.165) is 48.3 Å². The Hall–Kier alpha value is -2.31. The van der Waals surface area contributed by atoms with Crippen LogP contribution in [0.1, 0.15) is 39.2 Å². The van der Waals surface area contributed by atoms with E-state index >= 15 is 0 Å². The van der Waals surface area contributed by atoms with Crippen molar-refractivity contribution in [2.75, 3.05) is 18.0 Å². The molecule has 2 saturated heterocycles. The lowest BCUT2D eigenvalue weighted by Crippen LogP contribution is -2.57. The first-order valence-electron chi connectivity index (χ1n) is 8.88. The standard InChI is InChI=1S/C18H25N5O2/c1-11-7-19-15-14(11)16(21-10-20-15)22-8-12-5-6-13(9-22)23(12)17(24)25-18(2,3)4/h7,10,12-13H,5-6,8-9H2,1-4H3,(H,19,20,21). The summed E-state index contributed by atoms with van der Waals surface area (Å²) in [5.74, 6) is 0.962. The van der Waals surface area contributed by atoms with Gasteiger partial charge in [-0.15, -0.1) is 0 Å². The Labute approximate surface area is 147 Å². The zero-order chi connectivity index (χ0) is 17.8. The first kappa shape index (κ1) is 16.2. The van der Waals surface area contributed by atoms with Gasteiger partial charge in [-0.05, 0) is 46.1 Å². The lowest BCUT2D eigenvalue weighted by Gasteiger charge is -2.41. The summed E-state index contributed by atoms with van der Waals surface area (Å²) in [5, 5.41) is 1.08. The fourth-order valence-corrected chi connectivity index (χ4v) is 4.03. The van der Waals surface area contributed by atoms with Crippen molar-refractivity contribution in [1.82, 2.24) is 19.9 Å². The summed E-state index contributed by atoms with van der Waals surface area (Å²) in [4.78, 5) is 28.9. The molecule has 1 N–H and O–H groups in total. The van der Waals surface area contributed by atoms with E-state index in [1.807, 2.05) is 31.9 Å². The topological polar surface area (TPSA) is 74.4 Å². The van der Waals surface area contributed by atoms with Gasteiger partial charge < -0.3 is 14.6 Å². The van der Waals surface area contributed by atoms with E-state index in [2.05, 4.69) is 26.8 Å². The van der Waals surface area contributed by atoms with Crippen LogP contribution in [0.15, 0.2) is 12.5 Å². The number of ether oxygens (including phenoxy) is 1. The molecule has 2 bridgehead atoms. The third-order valence-corrected chi connectivity index (χ3v) is 5.03. The maximum atomic E-state index is 12.6. The van der Waals surface area contributed by atoms with Crippen molar-refractivity contribution in [3.05, 3.63) is 18.1 Å². The summed E-state index contributed by atoms with van der Waals surface area (Å²) in [5.41, 5.74) is 1.55. The van der Waals surface area contributed by atoms with Crippen LogP contribution in [-0.4, -0.2) is 56.7 Å². The van der Waals surface area contributed by atoms with Gasteiger partial charge in [0.15, 0.2) is 0 Å². The predicted octanol–water partition coefficient (Wildman–Crippen LogP) is 2.85. The number of hydrogen-bond acceptors (Lipinski definition) is 5. The molecule has 2 aliphatic rings. The van der Waals surface area contributed by atoms with Gasteiger partial charge in [-0.1, -0.05) is 0 Å². The first-order valence-corrected chi connectivity index (χ1v) is 8.88. The van der Waals surface area contributed by atoms with Crippen molar-refractivity contribution >= 4 is 22.9 Å². The second kappa shape index (κ2) is 5.61. The molecule has 2 aromatic heterocycles. The highest BCUT2D eigenvalue weighted by Gasteiger charge is 2.44. The van der Waals surface area contributed by atoms with Crippen molar-refractivity contribution in [2.24, 2.45) is 0 Å². The van der Waals surface area contributed by atoms with E-state index in [1.165, 1.54) is 0 Å². The van der Waals surface area contributed by atoms with E-state index in [-0.39, 0.29) is 18.2 Å². The number of carbonyl (C=O) groups excluding carboxylic acids is 1. The Balaban J connectivity index is 1.59. The SMILES string of the molecule is Cc1c[nH]c2ncnc(N3CC4CCC(C3)N4C(=O)OC(C)(C)C)c12. The van der Waals surface area contributed by atoms with Crippen LogP contribution >= 0.6 is 0 Å². The molecule has 0 saturated carbocycles. The number of piperazine rings is 1. The number of H-pyrrole nitrogens is 1. The third kappa shape index (κ3) is 2.81. The number of amides is 1. The lowest BCUT2D eigenvalue weighted by molar-refractivity contribution is 0.0123. The lowest BCUT2D eigenvalue weighted by atomic mass is 10.1. The highest BCUT2D eigenvalue weighted by Crippen LogP contribution is 2.35. The molecule has 7 heteroatoms. The average Bonchev–Trinajstić information content (AvgIpc) is 3.03.